The number of rotatable bonds is 2. The van der Waals surface area contributed by atoms with Gasteiger partial charge in [-0.05, 0) is 38.5 Å². The van der Waals surface area contributed by atoms with Crippen LogP contribution in [0.3, 0.4) is 0 Å². The monoisotopic (exact) mass is 271 g/mol. The first-order valence-electron chi connectivity index (χ1n) is 5.63. The quantitative estimate of drug-likeness (QED) is 0.837. The average molecular weight is 271 g/mol. The van der Waals surface area contributed by atoms with Gasteiger partial charge in [-0.3, -0.25) is 0 Å². The van der Waals surface area contributed by atoms with Crippen LogP contribution >= 0.6 is 0 Å². The fourth-order valence-corrected chi connectivity index (χ4v) is 4.25. The highest BCUT2D eigenvalue weighted by Gasteiger charge is 2.61. The van der Waals surface area contributed by atoms with Crippen LogP contribution in [-0.4, -0.2) is 26.4 Å². The normalized spacial score (nSPS) is 38.4. The molecule has 3 aliphatic rings. The lowest BCUT2D eigenvalue weighted by atomic mass is 9.57. The summed E-state index contributed by atoms with van der Waals surface area (Å²) < 4.78 is 63.8. The molecule has 3 fully saturated rings. The van der Waals surface area contributed by atoms with Crippen molar-refractivity contribution in [3.63, 3.8) is 0 Å². The number of fused-ring (bicyclic) bond motifs is 3. The maximum atomic E-state index is 12.9. The third-order valence-electron chi connectivity index (χ3n) is 4.25. The molecule has 0 radical (unpaired) electrons. The van der Waals surface area contributed by atoms with Crippen molar-refractivity contribution >= 4 is 10.0 Å². The lowest BCUT2D eigenvalue weighted by molar-refractivity contribution is -0.253. The summed E-state index contributed by atoms with van der Waals surface area (Å²) in [6, 6.07) is 0. The lowest BCUT2D eigenvalue weighted by Crippen LogP contribution is -2.59. The first-order valence-corrected chi connectivity index (χ1v) is 7.53. The highest BCUT2D eigenvalue weighted by molar-refractivity contribution is 7.88. The van der Waals surface area contributed by atoms with Crippen LogP contribution < -0.4 is 4.72 Å². The van der Waals surface area contributed by atoms with Crippen molar-refractivity contribution in [2.24, 2.45) is 5.41 Å². The zero-order valence-corrected chi connectivity index (χ0v) is 10.4. The fourth-order valence-electron chi connectivity index (χ4n) is 3.16. The molecule has 0 amide bonds. The van der Waals surface area contributed by atoms with Crippen LogP contribution in [0.25, 0.3) is 0 Å². The van der Waals surface area contributed by atoms with Crippen molar-refractivity contribution in [2.75, 3.05) is 6.26 Å². The summed E-state index contributed by atoms with van der Waals surface area (Å²) in [5.41, 5.74) is -2.19. The van der Waals surface area contributed by atoms with Gasteiger partial charge in [-0.15, -0.1) is 0 Å². The van der Waals surface area contributed by atoms with Crippen LogP contribution in [0.1, 0.15) is 38.5 Å². The van der Waals surface area contributed by atoms with Crippen LogP contribution in [0.4, 0.5) is 13.2 Å². The van der Waals surface area contributed by atoms with Gasteiger partial charge in [0, 0.05) is 5.54 Å². The van der Waals surface area contributed by atoms with Gasteiger partial charge in [0.15, 0.2) is 0 Å². The minimum absolute atomic E-state index is 0.0407. The second kappa shape index (κ2) is 3.60. The maximum absolute atomic E-state index is 12.9. The number of hydrogen-bond donors (Lipinski definition) is 1. The Balaban J connectivity index is 2.15. The van der Waals surface area contributed by atoms with Gasteiger partial charge in [0.25, 0.3) is 0 Å². The first-order chi connectivity index (χ1) is 7.58. The van der Waals surface area contributed by atoms with Gasteiger partial charge in [-0.2, -0.15) is 13.2 Å². The van der Waals surface area contributed by atoms with E-state index in [1.165, 1.54) is 0 Å². The molecule has 2 bridgehead atoms. The molecule has 0 atom stereocenters. The van der Waals surface area contributed by atoms with Crippen molar-refractivity contribution in [1.82, 2.24) is 4.72 Å². The van der Waals surface area contributed by atoms with Gasteiger partial charge in [0.05, 0.1) is 11.7 Å². The molecular formula is C10H16F3NO2S. The zero-order valence-electron chi connectivity index (χ0n) is 9.60. The largest absolute Gasteiger partial charge is 0.394 e. The van der Waals surface area contributed by atoms with Crippen molar-refractivity contribution in [2.45, 2.75) is 50.2 Å². The zero-order chi connectivity index (χ0) is 12.9. The van der Waals surface area contributed by atoms with Crippen LogP contribution in [-0.2, 0) is 10.0 Å². The van der Waals surface area contributed by atoms with Gasteiger partial charge < -0.3 is 0 Å². The molecule has 0 aromatic heterocycles. The minimum Gasteiger partial charge on any atom is -0.213 e. The average Bonchev–Trinajstić information content (AvgIpc) is 2.15. The third-order valence-corrected chi connectivity index (χ3v) is 5.05. The smallest absolute Gasteiger partial charge is 0.213 e. The second-order valence-electron chi connectivity index (χ2n) is 5.43. The Morgan fingerprint density at radius 2 is 1.41 bits per heavy atom. The Hall–Kier alpha value is -0.300. The van der Waals surface area contributed by atoms with Crippen LogP contribution in [0.15, 0.2) is 0 Å². The summed E-state index contributed by atoms with van der Waals surface area (Å²) >= 11 is 0. The van der Waals surface area contributed by atoms with Crippen molar-refractivity contribution in [3.05, 3.63) is 0 Å². The summed E-state index contributed by atoms with van der Waals surface area (Å²) in [4.78, 5) is 0. The molecule has 17 heavy (non-hydrogen) atoms. The Bertz CT molecular complexity index is 391. The fraction of sp³-hybridized carbons (Fsp3) is 1.00. The van der Waals surface area contributed by atoms with E-state index < -0.39 is 27.2 Å². The van der Waals surface area contributed by atoms with Gasteiger partial charge >= 0.3 is 6.18 Å². The van der Waals surface area contributed by atoms with E-state index in [2.05, 4.69) is 4.72 Å². The Kier molecular flexibility index (Phi) is 2.78. The topological polar surface area (TPSA) is 46.2 Å². The number of alkyl halides is 3. The summed E-state index contributed by atoms with van der Waals surface area (Å²) in [6.45, 7) is 0. The van der Waals surface area contributed by atoms with E-state index in [0.29, 0.717) is 19.3 Å². The van der Waals surface area contributed by atoms with Crippen LogP contribution in [0, 0.1) is 5.41 Å². The van der Waals surface area contributed by atoms with Gasteiger partial charge in [-0.25, -0.2) is 13.1 Å². The van der Waals surface area contributed by atoms with E-state index in [1.54, 1.807) is 0 Å². The number of sulfonamides is 1. The molecule has 3 rings (SSSR count). The molecule has 0 spiro atoms. The molecule has 0 saturated heterocycles. The predicted octanol–water partition coefficient (Wildman–Crippen LogP) is 2.19. The predicted molar refractivity (Wildman–Crippen MR) is 56.9 cm³/mol. The Morgan fingerprint density at radius 3 is 1.71 bits per heavy atom. The summed E-state index contributed by atoms with van der Waals surface area (Å²) in [6.07, 6.45) is -2.11. The number of halogens is 3. The van der Waals surface area contributed by atoms with Crippen molar-refractivity contribution in [1.29, 1.82) is 0 Å². The standard InChI is InChI=1S/C10H16F3NO2S/c1-17(15,16)14-9-5-2-8(3-6-9,4-7-9)10(11,12)13/h14H,2-7H2,1H3. The van der Waals surface area contributed by atoms with Crippen molar-refractivity contribution in [3.8, 4) is 0 Å². The molecule has 100 valence electrons. The Morgan fingerprint density at radius 1 is 1.00 bits per heavy atom. The molecule has 1 N–H and O–H groups in total. The number of nitrogens with one attached hydrogen (secondary N) is 1. The maximum Gasteiger partial charge on any atom is 0.394 e. The third kappa shape index (κ3) is 2.31. The van der Waals surface area contributed by atoms with Gasteiger partial charge in [-0.1, -0.05) is 0 Å². The minimum atomic E-state index is -4.16. The summed E-state index contributed by atoms with van der Waals surface area (Å²) in [5, 5.41) is 0. The highest BCUT2D eigenvalue weighted by atomic mass is 32.2. The molecule has 0 unspecified atom stereocenters. The van der Waals surface area contributed by atoms with Crippen molar-refractivity contribution < 1.29 is 21.6 Å². The molecule has 3 nitrogen and oxygen atoms in total. The van der Waals surface area contributed by atoms with E-state index in [-0.39, 0.29) is 19.3 Å². The molecule has 0 aliphatic heterocycles. The molecular weight excluding hydrogens is 255 g/mol. The Labute approximate surface area is 98.8 Å². The van der Waals surface area contributed by atoms with Crippen LogP contribution in [0.2, 0.25) is 0 Å². The summed E-state index contributed by atoms with van der Waals surface area (Å²) in [5.74, 6) is 0. The van der Waals surface area contributed by atoms with Gasteiger partial charge in [0.2, 0.25) is 10.0 Å². The number of hydrogen-bond acceptors (Lipinski definition) is 2. The van der Waals surface area contributed by atoms with Gasteiger partial charge in [0.1, 0.15) is 0 Å². The van der Waals surface area contributed by atoms with E-state index in [9.17, 15) is 21.6 Å². The molecule has 0 aromatic carbocycles. The first kappa shape index (κ1) is 13.1. The highest BCUT2D eigenvalue weighted by Crippen LogP contribution is 2.59. The SMILES string of the molecule is CS(=O)(=O)NC12CCC(C(F)(F)F)(CC1)CC2. The second-order valence-corrected chi connectivity index (χ2v) is 7.18. The van der Waals surface area contributed by atoms with E-state index in [4.69, 9.17) is 0 Å². The molecule has 3 saturated carbocycles. The molecule has 7 heteroatoms. The molecule has 3 aliphatic carbocycles. The summed E-state index contributed by atoms with van der Waals surface area (Å²) in [7, 11) is -3.36. The van der Waals surface area contributed by atoms with E-state index >= 15 is 0 Å². The molecule has 0 heterocycles. The lowest BCUT2D eigenvalue weighted by Gasteiger charge is -2.53. The molecule has 0 aromatic rings. The van der Waals surface area contributed by atoms with E-state index in [1.807, 2.05) is 0 Å². The van der Waals surface area contributed by atoms with Crippen LogP contribution in [0.5, 0.6) is 0 Å². The van der Waals surface area contributed by atoms with E-state index in [0.717, 1.165) is 6.26 Å².